The third kappa shape index (κ3) is 8.18. The van der Waals surface area contributed by atoms with Gasteiger partial charge >= 0.3 is 12.1 Å². The Labute approximate surface area is 265 Å². The van der Waals surface area contributed by atoms with E-state index in [4.69, 9.17) is 9.47 Å². The first-order valence-electron chi connectivity index (χ1n) is 15.7. The average molecular weight is 604 g/mol. The third-order valence-electron chi connectivity index (χ3n) is 8.06. The number of aryl methyl sites for hydroxylation is 3. The van der Waals surface area contributed by atoms with Crippen LogP contribution in [0, 0.1) is 13.8 Å². The van der Waals surface area contributed by atoms with E-state index in [-0.39, 0.29) is 18.7 Å². The van der Waals surface area contributed by atoms with Crippen LogP contribution < -0.4 is 0 Å². The molecule has 0 spiro atoms. The van der Waals surface area contributed by atoms with Gasteiger partial charge in [-0.25, -0.2) is 9.59 Å². The summed E-state index contributed by atoms with van der Waals surface area (Å²) >= 11 is 0. The van der Waals surface area contributed by atoms with Crippen molar-refractivity contribution in [1.82, 2.24) is 14.9 Å². The zero-order valence-electron chi connectivity index (χ0n) is 26.3. The topological polar surface area (TPSA) is 84.5 Å². The molecule has 45 heavy (non-hydrogen) atoms. The summed E-state index contributed by atoms with van der Waals surface area (Å²) < 4.78 is 11.1. The van der Waals surface area contributed by atoms with Gasteiger partial charge in [-0.05, 0) is 99.0 Å². The second-order valence-electron chi connectivity index (χ2n) is 11.4. The second-order valence-corrected chi connectivity index (χ2v) is 11.4. The van der Waals surface area contributed by atoms with Gasteiger partial charge in [0.15, 0.2) is 0 Å². The molecule has 0 saturated carbocycles. The summed E-state index contributed by atoms with van der Waals surface area (Å²) in [6.07, 6.45) is 6.58. The summed E-state index contributed by atoms with van der Waals surface area (Å²) in [5.74, 6) is -0.347. The first-order valence-corrected chi connectivity index (χ1v) is 15.7. The highest BCUT2D eigenvalue weighted by Gasteiger charge is 2.21. The molecule has 232 valence electrons. The molecule has 0 radical (unpaired) electrons. The monoisotopic (exact) mass is 603 g/mol. The van der Waals surface area contributed by atoms with Gasteiger partial charge in [0.2, 0.25) is 0 Å². The highest BCUT2D eigenvalue weighted by atomic mass is 16.6. The first kappa shape index (κ1) is 31.5. The number of aromatic amines is 1. The van der Waals surface area contributed by atoms with Crippen molar-refractivity contribution >= 4 is 23.0 Å². The van der Waals surface area contributed by atoms with Crippen LogP contribution in [0.4, 0.5) is 4.79 Å². The number of hydrogen-bond donors (Lipinski definition) is 1. The molecular weight excluding hydrogens is 562 g/mol. The van der Waals surface area contributed by atoms with Crippen LogP contribution in [-0.2, 0) is 28.9 Å². The summed E-state index contributed by atoms with van der Waals surface area (Å²) in [6.45, 7) is 7.58. The van der Waals surface area contributed by atoms with E-state index in [1.165, 1.54) is 11.1 Å². The zero-order chi connectivity index (χ0) is 31.6. The van der Waals surface area contributed by atoms with Gasteiger partial charge in [-0.1, -0.05) is 54.1 Å². The van der Waals surface area contributed by atoms with Crippen LogP contribution in [0.25, 0.3) is 22.2 Å². The van der Waals surface area contributed by atoms with E-state index >= 15 is 0 Å². The number of amides is 1. The van der Waals surface area contributed by atoms with E-state index in [2.05, 4.69) is 42.0 Å². The van der Waals surface area contributed by atoms with Crippen LogP contribution in [0.1, 0.15) is 57.9 Å². The Kier molecular flexibility index (Phi) is 10.6. The number of aromatic nitrogens is 2. The summed E-state index contributed by atoms with van der Waals surface area (Å²) in [6, 6.07) is 25.8. The molecule has 0 atom stereocenters. The van der Waals surface area contributed by atoms with E-state index in [9.17, 15) is 9.59 Å². The van der Waals surface area contributed by atoms with E-state index in [1.807, 2.05) is 71.9 Å². The summed E-state index contributed by atoms with van der Waals surface area (Å²) in [5.41, 5.74) is 9.12. The van der Waals surface area contributed by atoms with Crippen molar-refractivity contribution in [1.29, 1.82) is 0 Å². The molecule has 1 N–H and O–H groups in total. The molecule has 0 aliphatic carbocycles. The number of H-pyrrole nitrogens is 1. The van der Waals surface area contributed by atoms with Gasteiger partial charge in [0.1, 0.15) is 6.61 Å². The van der Waals surface area contributed by atoms with Crippen LogP contribution in [0.2, 0.25) is 0 Å². The average Bonchev–Trinajstić information content (AvgIpc) is 3.41. The van der Waals surface area contributed by atoms with E-state index in [0.29, 0.717) is 31.7 Å². The minimum absolute atomic E-state index is 0.219. The van der Waals surface area contributed by atoms with Gasteiger partial charge in [-0.3, -0.25) is 4.98 Å². The first-order chi connectivity index (χ1) is 21.9. The quantitative estimate of drug-likeness (QED) is 0.108. The largest absolute Gasteiger partial charge is 0.462 e. The Hall–Kier alpha value is -4.91. The minimum Gasteiger partial charge on any atom is -0.462 e. The summed E-state index contributed by atoms with van der Waals surface area (Å²) in [5, 5.41) is 0.950. The molecule has 0 aliphatic heterocycles. The Morgan fingerprint density at radius 1 is 0.822 bits per heavy atom. The maximum atomic E-state index is 13.5. The Morgan fingerprint density at radius 3 is 2.38 bits per heavy atom. The molecule has 0 bridgehead atoms. The van der Waals surface area contributed by atoms with Crippen molar-refractivity contribution < 1.29 is 19.1 Å². The van der Waals surface area contributed by atoms with Crippen molar-refractivity contribution in [2.24, 2.45) is 0 Å². The Bertz CT molecular complexity index is 1730. The van der Waals surface area contributed by atoms with Gasteiger partial charge in [0.05, 0.1) is 17.9 Å². The van der Waals surface area contributed by atoms with E-state index < -0.39 is 0 Å². The number of pyridine rings is 1. The number of unbranched alkanes of at least 4 members (excludes halogenated alkanes) is 1. The van der Waals surface area contributed by atoms with Crippen molar-refractivity contribution in [3.8, 4) is 11.3 Å². The number of benzene rings is 3. The van der Waals surface area contributed by atoms with Crippen molar-refractivity contribution in [3.63, 3.8) is 0 Å². The lowest BCUT2D eigenvalue weighted by atomic mass is 9.97. The molecule has 7 heteroatoms. The molecule has 0 aliphatic rings. The number of fused-ring (bicyclic) bond motifs is 1. The maximum Gasteiger partial charge on any atom is 0.410 e. The minimum atomic E-state index is -0.347. The molecule has 0 saturated heterocycles. The lowest BCUT2D eigenvalue weighted by Gasteiger charge is -2.23. The fourth-order valence-corrected chi connectivity index (χ4v) is 5.71. The van der Waals surface area contributed by atoms with Crippen molar-refractivity contribution in [3.05, 3.63) is 125 Å². The normalized spacial score (nSPS) is 11.0. The molecule has 0 unspecified atom stereocenters. The number of hydrogen-bond acceptors (Lipinski definition) is 5. The molecule has 7 nitrogen and oxygen atoms in total. The smallest absolute Gasteiger partial charge is 0.410 e. The fraction of sp³-hybridized carbons (Fsp3) is 0.289. The highest BCUT2D eigenvalue weighted by Crippen LogP contribution is 2.34. The van der Waals surface area contributed by atoms with Gasteiger partial charge in [0, 0.05) is 41.9 Å². The molecular formula is C38H41N3O4. The van der Waals surface area contributed by atoms with Gasteiger partial charge < -0.3 is 19.4 Å². The highest BCUT2D eigenvalue weighted by molar-refractivity contribution is 5.98. The van der Waals surface area contributed by atoms with Gasteiger partial charge in [0.25, 0.3) is 0 Å². The van der Waals surface area contributed by atoms with Crippen LogP contribution in [0.15, 0.2) is 91.3 Å². The predicted octanol–water partition coefficient (Wildman–Crippen LogP) is 8.23. The second kappa shape index (κ2) is 15.2. The predicted molar refractivity (Wildman–Crippen MR) is 178 cm³/mol. The lowest BCUT2D eigenvalue weighted by Crippen LogP contribution is -2.34. The molecule has 2 aromatic heterocycles. The summed E-state index contributed by atoms with van der Waals surface area (Å²) in [4.78, 5) is 35.7. The maximum absolute atomic E-state index is 13.5. The lowest BCUT2D eigenvalue weighted by molar-refractivity contribution is 0.0526. The Balaban J connectivity index is 1.41. The molecule has 3 aromatic carbocycles. The molecule has 5 rings (SSSR count). The number of rotatable bonds is 13. The zero-order valence-corrected chi connectivity index (χ0v) is 26.3. The Morgan fingerprint density at radius 2 is 1.62 bits per heavy atom. The van der Waals surface area contributed by atoms with Crippen LogP contribution in [-0.4, -0.2) is 46.6 Å². The molecule has 1 amide bonds. The SMILES string of the molecule is CCOC(=O)c1ccc2[nH]c(-c3ccc(C)cc3C)c(CCN(CCCCc3ccncc3)C(=O)OCc3ccccc3)c2c1. The van der Waals surface area contributed by atoms with Crippen LogP contribution in [0.5, 0.6) is 0 Å². The number of carbonyl (C=O) groups is 2. The molecule has 0 fully saturated rings. The molecule has 5 aromatic rings. The van der Waals surface area contributed by atoms with Crippen LogP contribution in [0.3, 0.4) is 0 Å². The number of nitrogens with zero attached hydrogens (tertiary/aromatic N) is 2. The number of nitrogens with one attached hydrogen (secondary N) is 1. The van der Waals surface area contributed by atoms with Gasteiger partial charge in [-0.15, -0.1) is 0 Å². The number of ether oxygens (including phenoxy) is 2. The van der Waals surface area contributed by atoms with Gasteiger partial charge in [-0.2, -0.15) is 0 Å². The van der Waals surface area contributed by atoms with Crippen molar-refractivity contribution in [2.45, 2.75) is 53.1 Å². The third-order valence-corrected chi connectivity index (χ3v) is 8.06. The fourth-order valence-electron chi connectivity index (χ4n) is 5.71. The standard InChI is InChI=1S/C38H41N3O4/c1-4-44-37(42)31-14-16-35-34(25-31)33(36(40-35)32-15-13-27(2)24-28(32)3)19-23-41(22-9-8-10-29-17-20-39-21-18-29)38(43)45-26-30-11-6-5-7-12-30/h5-7,11-18,20-21,24-25,40H,4,8-10,19,22-23,26H2,1-3H3. The van der Waals surface area contributed by atoms with E-state index in [1.54, 1.807) is 13.0 Å². The van der Waals surface area contributed by atoms with E-state index in [0.717, 1.165) is 58.1 Å². The van der Waals surface area contributed by atoms with Crippen molar-refractivity contribution in [2.75, 3.05) is 19.7 Å². The number of carbonyl (C=O) groups excluding carboxylic acids is 2. The molecule has 2 heterocycles. The number of esters is 1. The van der Waals surface area contributed by atoms with Crippen LogP contribution >= 0.6 is 0 Å². The summed E-state index contributed by atoms with van der Waals surface area (Å²) in [7, 11) is 0.